The number of methoxy groups -OCH3 is 1. The SMILES string of the molecule is COC1CCC(Oc2cc3c(cc2CO)-c2cc(=O)c(C(=O)O)cn2[C@H](C(C)C)C3)C1. The van der Waals surface area contributed by atoms with Crippen molar-refractivity contribution in [3.05, 3.63) is 51.3 Å². The molecule has 1 saturated carbocycles. The Labute approximate surface area is 181 Å². The smallest absolute Gasteiger partial charge is 0.341 e. The molecule has 7 heteroatoms. The van der Waals surface area contributed by atoms with Gasteiger partial charge in [-0.1, -0.05) is 13.8 Å². The third-order valence-electron chi connectivity index (χ3n) is 6.56. The van der Waals surface area contributed by atoms with E-state index in [0.29, 0.717) is 23.4 Å². The number of ether oxygens (including phenoxy) is 2. The van der Waals surface area contributed by atoms with Crippen LogP contribution in [0.5, 0.6) is 5.75 Å². The van der Waals surface area contributed by atoms with Crippen LogP contribution in [0, 0.1) is 5.92 Å². The molecular weight excluding hydrogens is 398 g/mol. The summed E-state index contributed by atoms with van der Waals surface area (Å²) in [5.41, 5.74) is 2.46. The lowest BCUT2D eigenvalue weighted by molar-refractivity contribution is 0.0694. The third kappa shape index (κ3) is 4.00. The number of pyridine rings is 1. The van der Waals surface area contributed by atoms with Gasteiger partial charge < -0.3 is 24.3 Å². The second-order valence-corrected chi connectivity index (χ2v) is 8.85. The second-order valence-electron chi connectivity index (χ2n) is 8.85. The molecule has 2 heterocycles. The Kier molecular flexibility index (Phi) is 5.90. The number of hydrogen-bond acceptors (Lipinski definition) is 5. The van der Waals surface area contributed by atoms with Gasteiger partial charge in [-0.05, 0) is 42.9 Å². The first-order chi connectivity index (χ1) is 14.8. The lowest BCUT2D eigenvalue weighted by atomic mass is 9.86. The molecule has 2 unspecified atom stereocenters. The van der Waals surface area contributed by atoms with Gasteiger partial charge in [0.2, 0.25) is 0 Å². The quantitative estimate of drug-likeness (QED) is 0.733. The van der Waals surface area contributed by atoms with E-state index in [-0.39, 0.29) is 36.3 Å². The summed E-state index contributed by atoms with van der Waals surface area (Å²) >= 11 is 0. The highest BCUT2D eigenvalue weighted by molar-refractivity contribution is 5.87. The van der Waals surface area contributed by atoms with Crippen LogP contribution in [-0.4, -0.2) is 40.1 Å². The molecule has 2 aromatic rings. The number of nitrogens with zero attached hydrogens (tertiary/aromatic N) is 1. The van der Waals surface area contributed by atoms with E-state index in [1.165, 1.54) is 12.3 Å². The highest BCUT2D eigenvalue weighted by Crippen LogP contribution is 2.41. The summed E-state index contributed by atoms with van der Waals surface area (Å²) in [5, 5.41) is 19.4. The van der Waals surface area contributed by atoms with Gasteiger partial charge in [0, 0.05) is 43.0 Å². The zero-order valence-corrected chi connectivity index (χ0v) is 18.1. The van der Waals surface area contributed by atoms with Gasteiger partial charge in [-0.2, -0.15) is 0 Å². The van der Waals surface area contributed by atoms with Crippen LogP contribution >= 0.6 is 0 Å². The largest absolute Gasteiger partial charge is 0.490 e. The number of aromatic carboxylic acids is 1. The van der Waals surface area contributed by atoms with Gasteiger partial charge in [-0.25, -0.2) is 4.79 Å². The number of aliphatic hydroxyl groups is 1. The predicted octanol–water partition coefficient (Wildman–Crippen LogP) is 3.41. The van der Waals surface area contributed by atoms with Crippen molar-refractivity contribution in [2.75, 3.05) is 7.11 Å². The fraction of sp³-hybridized carbons (Fsp3) is 0.500. The van der Waals surface area contributed by atoms with Crippen LogP contribution in [0.2, 0.25) is 0 Å². The number of hydrogen-bond donors (Lipinski definition) is 2. The fourth-order valence-corrected chi connectivity index (χ4v) is 4.79. The first kappa shape index (κ1) is 21.6. The Morgan fingerprint density at radius 1 is 1.23 bits per heavy atom. The summed E-state index contributed by atoms with van der Waals surface area (Å²) in [4.78, 5) is 24.0. The fourth-order valence-electron chi connectivity index (χ4n) is 4.79. The normalized spacial score (nSPS) is 22.3. The zero-order chi connectivity index (χ0) is 22.3. The molecule has 7 nitrogen and oxygen atoms in total. The Bertz CT molecular complexity index is 1060. The van der Waals surface area contributed by atoms with Crippen LogP contribution in [0.4, 0.5) is 0 Å². The van der Waals surface area contributed by atoms with E-state index < -0.39 is 11.4 Å². The van der Waals surface area contributed by atoms with Crippen molar-refractivity contribution in [2.24, 2.45) is 5.92 Å². The average Bonchev–Trinajstić information content (AvgIpc) is 3.19. The van der Waals surface area contributed by atoms with Crippen molar-refractivity contribution in [3.63, 3.8) is 0 Å². The molecule has 1 aliphatic carbocycles. The third-order valence-corrected chi connectivity index (χ3v) is 6.56. The molecule has 0 bridgehead atoms. The average molecular weight is 427 g/mol. The molecule has 1 fully saturated rings. The molecule has 2 aliphatic rings. The number of rotatable bonds is 6. The summed E-state index contributed by atoms with van der Waals surface area (Å²) in [6.45, 7) is 3.98. The summed E-state index contributed by atoms with van der Waals surface area (Å²) in [7, 11) is 1.71. The van der Waals surface area contributed by atoms with Crippen molar-refractivity contribution in [1.82, 2.24) is 4.57 Å². The van der Waals surface area contributed by atoms with Crippen LogP contribution in [0.1, 0.15) is 60.6 Å². The van der Waals surface area contributed by atoms with Crippen LogP contribution < -0.4 is 10.2 Å². The van der Waals surface area contributed by atoms with Gasteiger partial charge in [0.1, 0.15) is 17.4 Å². The molecule has 2 N–H and O–H groups in total. The highest BCUT2D eigenvalue weighted by atomic mass is 16.5. The maximum Gasteiger partial charge on any atom is 0.341 e. The topological polar surface area (TPSA) is 98.0 Å². The van der Waals surface area contributed by atoms with Crippen molar-refractivity contribution in [2.45, 2.75) is 64.4 Å². The van der Waals surface area contributed by atoms with E-state index in [2.05, 4.69) is 13.8 Å². The number of fused-ring (bicyclic) bond motifs is 3. The van der Waals surface area contributed by atoms with Crippen molar-refractivity contribution in [3.8, 4) is 17.0 Å². The number of carboxylic acids is 1. The summed E-state index contributed by atoms with van der Waals surface area (Å²) in [6.07, 6.45) is 5.08. The number of aromatic nitrogens is 1. The van der Waals surface area contributed by atoms with Gasteiger partial charge in [-0.15, -0.1) is 0 Å². The molecule has 1 aliphatic heterocycles. The summed E-state index contributed by atoms with van der Waals surface area (Å²) < 4.78 is 13.6. The Hall–Kier alpha value is -2.64. The lowest BCUT2D eigenvalue weighted by Gasteiger charge is -2.34. The number of carboxylic acid groups (broad SMARTS) is 1. The monoisotopic (exact) mass is 427 g/mol. The van der Waals surface area contributed by atoms with E-state index in [9.17, 15) is 19.8 Å². The van der Waals surface area contributed by atoms with Crippen molar-refractivity contribution < 1.29 is 24.5 Å². The molecule has 166 valence electrons. The predicted molar refractivity (Wildman–Crippen MR) is 116 cm³/mol. The van der Waals surface area contributed by atoms with Gasteiger partial charge in [0.25, 0.3) is 0 Å². The highest BCUT2D eigenvalue weighted by Gasteiger charge is 2.31. The number of benzene rings is 1. The van der Waals surface area contributed by atoms with Crippen LogP contribution in [0.3, 0.4) is 0 Å². The van der Waals surface area contributed by atoms with E-state index in [0.717, 1.165) is 30.4 Å². The molecule has 4 rings (SSSR count). The maximum atomic E-state index is 12.4. The Morgan fingerprint density at radius 3 is 2.58 bits per heavy atom. The van der Waals surface area contributed by atoms with E-state index in [4.69, 9.17) is 9.47 Å². The van der Waals surface area contributed by atoms with Gasteiger partial charge in [0.15, 0.2) is 5.43 Å². The maximum absolute atomic E-state index is 12.4. The minimum absolute atomic E-state index is 0.0124. The molecule has 1 aromatic carbocycles. The zero-order valence-electron chi connectivity index (χ0n) is 18.1. The minimum atomic E-state index is -1.22. The molecule has 31 heavy (non-hydrogen) atoms. The first-order valence-corrected chi connectivity index (χ1v) is 10.8. The summed E-state index contributed by atoms with van der Waals surface area (Å²) in [5.74, 6) is -0.321. The molecule has 0 radical (unpaired) electrons. The van der Waals surface area contributed by atoms with Crippen molar-refractivity contribution >= 4 is 5.97 Å². The standard InChI is InChI=1S/C24H29NO6/c1-13(2)20-7-14-8-23(31-17-5-4-16(9-17)30-3)15(12-26)6-18(14)21-10-22(27)19(24(28)29)11-25(20)21/h6,8,10-11,13,16-17,20,26H,4-5,7,9,12H2,1-3H3,(H,28,29)/t16?,17?,20-/m0/s1. The number of carbonyl (C=O) groups is 1. The molecular formula is C24H29NO6. The molecule has 1 aromatic heterocycles. The summed E-state index contributed by atoms with van der Waals surface area (Å²) in [6, 6.07) is 5.27. The van der Waals surface area contributed by atoms with Crippen LogP contribution in [0.15, 0.2) is 29.2 Å². The Morgan fingerprint density at radius 2 is 1.97 bits per heavy atom. The van der Waals surface area contributed by atoms with E-state index in [1.807, 2.05) is 16.7 Å². The van der Waals surface area contributed by atoms with E-state index in [1.54, 1.807) is 7.11 Å². The number of aliphatic hydroxyl groups excluding tert-OH is 1. The van der Waals surface area contributed by atoms with E-state index >= 15 is 0 Å². The van der Waals surface area contributed by atoms with Gasteiger partial charge in [-0.3, -0.25) is 4.79 Å². The van der Waals surface area contributed by atoms with Gasteiger partial charge >= 0.3 is 5.97 Å². The minimum Gasteiger partial charge on any atom is -0.490 e. The Balaban J connectivity index is 1.79. The van der Waals surface area contributed by atoms with Crippen LogP contribution in [0.25, 0.3) is 11.3 Å². The lowest BCUT2D eigenvalue weighted by Crippen LogP contribution is -2.28. The molecule has 0 spiro atoms. The molecule has 3 atom stereocenters. The first-order valence-electron chi connectivity index (χ1n) is 10.8. The molecule has 0 amide bonds. The van der Waals surface area contributed by atoms with Gasteiger partial charge in [0.05, 0.1) is 18.4 Å². The second kappa shape index (κ2) is 8.48. The molecule has 0 saturated heterocycles. The van der Waals surface area contributed by atoms with Crippen LogP contribution in [-0.2, 0) is 17.8 Å². The van der Waals surface area contributed by atoms with Crippen molar-refractivity contribution in [1.29, 1.82) is 0 Å².